The number of hydrogen-bond donors (Lipinski definition) is 0. The average Bonchev–Trinajstić information content (AvgIpc) is 3.47. The van der Waals surface area contributed by atoms with Crippen LogP contribution in [0.5, 0.6) is 0 Å². The fourth-order valence-electron chi connectivity index (χ4n) is 3.16. The van der Waals surface area contributed by atoms with Crippen LogP contribution in [0, 0.1) is 6.92 Å². The molecule has 1 fully saturated rings. The maximum Gasteiger partial charge on any atom is 0.329 e. The third kappa shape index (κ3) is 3.82. The molecule has 0 unspecified atom stereocenters. The van der Waals surface area contributed by atoms with Gasteiger partial charge in [0.05, 0.1) is 4.88 Å². The number of likely N-dealkylation sites (tertiary alicyclic amines) is 1. The molecule has 0 bridgehead atoms. The van der Waals surface area contributed by atoms with Crippen molar-refractivity contribution in [2.45, 2.75) is 32.4 Å². The third-order valence-corrected chi connectivity index (χ3v) is 5.49. The highest BCUT2D eigenvalue weighted by Gasteiger charge is 2.36. The first kappa shape index (κ1) is 18.4. The first-order chi connectivity index (χ1) is 13.6. The molecule has 2 aromatic heterocycles. The predicted octanol–water partition coefficient (Wildman–Crippen LogP) is 3.45. The fourth-order valence-corrected chi connectivity index (χ4v) is 3.84. The number of amides is 1. The standard InChI is InChI=1S/C20H19N3O4S/c1-13-6-8-14(9-7-13)18-21-17(27-22-18)12-26-20(25)15-4-2-10-23(15)19(24)16-5-3-11-28-16/h3,5-9,11,15H,2,4,10,12H2,1H3/t15-/m0/s1. The highest BCUT2D eigenvalue weighted by Crippen LogP contribution is 2.23. The lowest BCUT2D eigenvalue weighted by Gasteiger charge is -2.22. The number of aryl methyl sites for hydroxylation is 1. The molecule has 3 aromatic rings. The van der Waals surface area contributed by atoms with Crippen LogP contribution in [0.4, 0.5) is 0 Å². The molecule has 1 amide bonds. The van der Waals surface area contributed by atoms with Crippen LogP contribution >= 0.6 is 11.3 Å². The van der Waals surface area contributed by atoms with E-state index < -0.39 is 12.0 Å². The number of nitrogens with zero attached hydrogens (tertiary/aromatic N) is 3. The van der Waals surface area contributed by atoms with E-state index in [1.807, 2.05) is 42.6 Å². The van der Waals surface area contributed by atoms with Crippen LogP contribution in [0.1, 0.15) is 34.0 Å². The topological polar surface area (TPSA) is 85.5 Å². The molecule has 0 spiro atoms. The van der Waals surface area contributed by atoms with Gasteiger partial charge in [0.15, 0.2) is 6.61 Å². The van der Waals surface area contributed by atoms with Gasteiger partial charge in [-0.05, 0) is 31.2 Å². The summed E-state index contributed by atoms with van der Waals surface area (Å²) in [4.78, 5) is 31.6. The molecule has 1 saturated heterocycles. The molecule has 1 atom stereocenters. The van der Waals surface area contributed by atoms with Gasteiger partial charge in [-0.1, -0.05) is 41.1 Å². The Labute approximate surface area is 165 Å². The van der Waals surface area contributed by atoms with Gasteiger partial charge in [0.25, 0.3) is 11.8 Å². The SMILES string of the molecule is Cc1ccc(-c2noc(COC(=O)[C@@H]3CCCN3C(=O)c3cccs3)n2)cc1. The molecule has 0 aliphatic carbocycles. The first-order valence-electron chi connectivity index (χ1n) is 9.02. The summed E-state index contributed by atoms with van der Waals surface area (Å²) < 4.78 is 10.5. The van der Waals surface area contributed by atoms with Gasteiger partial charge in [0, 0.05) is 12.1 Å². The van der Waals surface area contributed by atoms with Gasteiger partial charge >= 0.3 is 5.97 Å². The van der Waals surface area contributed by atoms with Crippen LogP contribution < -0.4 is 0 Å². The molecule has 1 aliphatic rings. The Hall–Kier alpha value is -3.00. The van der Waals surface area contributed by atoms with E-state index in [0.717, 1.165) is 17.5 Å². The van der Waals surface area contributed by atoms with Crippen molar-refractivity contribution in [1.29, 1.82) is 0 Å². The lowest BCUT2D eigenvalue weighted by molar-refractivity contribution is -0.150. The average molecular weight is 397 g/mol. The Morgan fingerprint density at radius 2 is 2.11 bits per heavy atom. The molecule has 4 rings (SSSR count). The molecule has 0 radical (unpaired) electrons. The fraction of sp³-hybridized carbons (Fsp3) is 0.300. The van der Waals surface area contributed by atoms with Crippen molar-refractivity contribution < 1.29 is 18.8 Å². The van der Waals surface area contributed by atoms with Crippen molar-refractivity contribution >= 4 is 23.2 Å². The molecule has 3 heterocycles. The maximum absolute atomic E-state index is 12.6. The number of aromatic nitrogens is 2. The smallest absolute Gasteiger partial charge is 0.329 e. The molecule has 144 valence electrons. The zero-order valence-electron chi connectivity index (χ0n) is 15.3. The highest BCUT2D eigenvalue weighted by atomic mass is 32.1. The van der Waals surface area contributed by atoms with Gasteiger partial charge in [-0.3, -0.25) is 4.79 Å². The van der Waals surface area contributed by atoms with Gasteiger partial charge in [0.2, 0.25) is 5.82 Å². The highest BCUT2D eigenvalue weighted by molar-refractivity contribution is 7.12. The minimum Gasteiger partial charge on any atom is -0.454 e. The molecular weight excluding hydrogens is 378 g/mol. The summed E-state index contributed by atoms with van der Waals surface area (Å²) in [7, 11) is 0. The number of ether oxygens (including phenoxy) is 1. The van der Waals surface area contributed by atoms with Crippen molar-refractivity contribution in [3.05, 3.63) is 58.1 Å². The Morgan fingerprint density at radius 3 is 2.86 bits per heavy atom. The van der Waals surface area contributed by atoms with Crippen LogP contribution in [0.15, 0.2) is 46.3 Å². The van der Waals surface area contributed by atoms with Crippen molar-refractivity contribution in [3.63, 3.8) is 0 Å². The molecular formula is C20H19N3O4S. The number of rotatable bonds is 5. The second-order valence-electron chi connectivity index (χ2n) is 6.62. The van der Waals surface area contributed by atoms with Gasteiger partial charge in [-0.2, -0.15) is 4.98 Å². The van der Waals surface area contributed by atoms with E-state index in [2.05, 4.69) is 10.1 Å². The summed E-state index contributed by atoms with van der Waals surface area (Å²) in [6.07, 6.45) is 1.36. The summed E-state index contributed by atoms with van der Waals surface area (Å²) in [5, 5.41) is 5.77. The van der Waals surface area contributed by atoms with E-state index in [-0.39, 0.29) is 18.4 Å². The second kappa shape index (κ2) is 7.93. The van der Waals surface area contributed by atoms with Crippen molar-refractivity contribution in [2.24, 2.45) is 0 Å². The molecule has 1 aromatic carbocycles. The predicted molar refractivity (Wildman–Crippen MR) is 103 cm³/mol. The first-order valence-corrected chi connectivity index (χ1v) is 9.90. The zero-order valence-corrected chi connectivity index (χ0v) is 16.1. The number of hydrogen-bond acceptors (Lipinski definition) is 7. The maximum atomic E-state index is 12.6. The zero-order chi connectivity index (χ0) is 19.5. The number of benzene rings is 1. The Bertz CT molecular complexity index is 966. The summed E-state index contributed by atoms with van der Waals surface area (Å²) in [6.45, 7) is 2.43. The van der Waals surface area contributed by atoms with E-state index in [1.54, 1.807) is 11.0 Å². The Balaban J connectivity index is 1.37. The lowest BCUT2D eigenvalue weighted by Crippen LogP contribution is -2.41. The van der Waals surface area contributed by atoms with Crippen molar-refractivity contribution in [1.82, 2.24) is 15.0 Å². The van der Waals surface area contributed by atoms with E-state index in [4.69, 9.17) is 9.26 Å². The van der Waals surface area contributed by atoms with E-state index >= 15 is 0 Å². The Morgan fingerprint density at radius 1 is 1.29 bits per heavy atom. The van der Waals surface area contributed by atoms with E-state index in [0.29, 0.717) is 23.7 Å². The molecule has 8 heteroatoms. The number of carbonyl (C=O) groups is 2. The molecule has 0 N–H and O–H groups in total. The quantitative estimate of drug-likeness (QED) is 0.613. The second-order valence-corrected chi connectivity index (χ2v) is 7.57. The number of esters is 1. The summed E-state index contributed by atoms with van der Waals surface area (Å²) in [5.41, 5.74) is 1.97. The number of thiophene rings is 1. The normalized spacial score (nSPS) is 16.3. The number of carbonyl (C=O) groups excluding carboxylic acids is 2. The van der Waals surface area contributed by atoms with Gasteiger partial charge in [0.1, 0.15) is 6.04 Å². The lowest BCUT2D eigenvalue weighted by atomic mass is 10.1. The van der Waals surface area contributed by atoms with Crippen LogP contribution in [0.3, 0.4) is 0 Å². The van der Waals surface area contributed by atoms with Gasteiger partial charge < -0.3 is 14.2 Å². The minimum atomic E-state index is -0.575. The molecule has 1 aliphatic heterocycles. The van der Waals surface area contributed by atoms with E-state index in [9.17, 15) is 9.59 Å². The van der Waals surface area contributed by atoms with Crippen LogP contribution in [0.2, 0.25) is 0 Å². The van der Waals surface area contributed by atoms with Crippen molar-refractivity contribution in [3.8, 4) is 11.4 Å². The molecule has 28 heavy (non-hydrogen) atoms. The van der Waals surface area contributed by atoms with Crippen LogP contribution in [0.25, 0.3) is 11.4 Å². The largest absolute Gasteiger partial charge is 0.454 e. The summed E-state index contributed by atoms with van der Waals surface area (Å²) in [5.74, 6) is 0.0888. The minimum absolute atomic E-state index is 0.116. The Kier molecular flexibility index (Phi) is 5.21. The van der Waals surface area contributed by atoms with Gasteiger partial charge in [-0.15, -0.1) is 11.3 Å². The van der Waals surface area contributed by atoms with Crippen LogP contribution in [-0.4, -0.2) is 39.5 Å². The van der Waals surface area contributed by atoms with Gasteiger partial charge in [-0.25, -0.2) is 4.79 Å². The summed E-state index contributed by atoms with van der Waals surface area (Å²) >= 11 is 1.37. The molecule has 0 saturated carbocycles. The summed E-state index contributed by atoms with van der Waals surface area (Å²) in [6, 6.07) is 10.7. The van der Waals surface area contributed by atoms with Crippen molar-refractivity contribution in [2.75, 3.05) is 6.54 Å². The van der Waals surface area contributed by atoms with E-state index in [1.165, 1.54) is 11.3 Å². The molecule has 7 nitrogen and oxygen atoms in total. The van der Waals surface area contributed by atoms with Crippen LogP contribution in [-0.2, 0) is 16.1 Å². The third-order valence-electron chi connectivity index (χ3n) is 4.63. The monoisotopic (exact) mass is 397 g/mol.